The average molecular weight is 274 g/mol. The summed E-state index contributed by atoms with van der Waals surface area (Å²) in [7, 11) is 0. The van der Waals surface area contributed by atoms with Crippen molar-refractivity contribution in [1.82, 2.24) is 10.3 Å². The molecule has 2 aliphatic rings. The number of thioether (sulfide) groups is 1. The average Bonchev–Trinajstić information content (AvgIpc) is 2.28. The van der Waals surface area contributed by atoms with Gasteiger partial charge in [-0.15, -0.1) is 11.8 Å². The Morgan fingerprint density at radius 3 is 2.56 bits per heavy atom. The van der Waals surface area contributed by atoms with Crippen LogP contribution in [0.25, 0.3) is 0 Å². The van der Waals surface area contributed by atoms with Gasteiger partial charge in [-0.05, 0) is 6.92 Å². The van der Waals surface area contributed by atoms with Gasteiger partial charge in [0.05, 0.1) is 17.4 Å². The fraction of sp³-hybridized carbons (Fsp3) is 0.444. The molecule has 0 saturated carbocycles. The number of nitrogens with two attached hydrogens (primary N) is 1. The van der Waals surface area contributed by atoms with Crippen molar-refractivity contribution in [2.75, 3.05) is 0 Å². The second-order valence-corrected chi connectivity index (χ2v) is 5.08. The number of fused-ring (bicyclic) bond motifs is 1. The number of amides is 2. The van der Waals surface area contributed by atoms with Gasteiger partial charge < -0.3 is 10.0 Å². The number of β-lactam (4-membered cyclic amide) rings is 1. The third-order valence-corrected chi connectivity index (χ3v) is 3.76. The van der Waals surface area contributed by atoms with Crippen LogP contribution in [0.1, 0.15) is 13.3 Å². The van der Waals surface area contributed by atoms with Gasteiger partial charge in [0, 0.05) is 11.4 Å². The summed E-state index contributed by atoms with van der Waals surface area (Å²) in [6, 6.07) is 0. The summed E-state index contributed by atoms with van der Waals surface area (Å²) in [6.45, 7) is 1.85. The molecule has 4 N–H and O–H groups in total. The van der Waals surface area contributed by atoms with Crippen LogP contribution in [0.4, 0.5) is 4.79 Å². The molecule has 1 fully saturated rings. The lowest BCUT2D eigenvalue weighted by atomic mass is 10.1. The predicted molar refractivity (Wildman–Crippen MR) is 61.4 cm³/mol. The van der Waals surface area contributed by atoms with Crippen molar-refractivity contribution in [2.24, 2.45) is 5.84 Å². The molecule has 1 saturated heterocycles. The monoisotopic (exact) mass is 274 g/mol. The number of carbonyl (C=O) groups excluding carboxylic acids is 2. The Morgan fingerprint density at radius 2 is 2.17 bits per heavy atom. The number of carboxylic acid groups (broad SMARTS) is 1. The molecule has 2 atom stereocenters. The van der Waals surface area contributed by atoms with Crippen molar-refractivity contribution in [3.63, 3.8) is 0 Å². The number of hydrazine groups is 1. The number of rotatable bonds is 1. The van der Waals surface area contributed by atoms with Gasteiger partial charge >= 0.3 is 12.1 Å². The van der Waals surface area contributed by atoms with Crippen LogP contribution in [-0.2, 0) is 14.7 Å². The zero-order valence-corrected chi connectivity index (χ0v) is 10.3. The summed E-state index contributed by atoms with van der Waals surface area (Å²) >= 11 is 1.53. The molecule has 0 aromatic heterocycles. The third kappa shape index (κ3) is 3.14. The summed E-state index contributed by atoms with van der Waals surface area (Å²) in [5, 5.41) is 18.0. The molecule has 0 bridgehead atoms. The summed E-state index contributed by atoms with van der Waals surface area (Å²) in [4.78, 5) is 32.3. The first-order valence-electron chi connectivity index (χ1n) is 4.96. The van der Waals surface area contributed by atoms with Gasteiger partial charge in [-0.1, -0.05) is 0 Å². The fourth-order valence-corrected chi connectivity index (χ4v) is 2.79. The van der Waals surface area contributed by atoms with Crippen LogP contribution in [0, 0.1) is 0 Å². The van der Waals surface area contributed by atoms with Crippen molar-refractivity contribution in [3.05, 3.63) is 11.8 Å². The maximum atomic E-state index is 11.0. The SMILES string of the molecule is CC1S[C@@H]2CC(=O)N2C=C1C(=O)O.NNC([O])=O. The highest BCUT2D eigenvalue weighted by molar-refractivity contribution is 8.00. The van der Waals surface area contributed by atoms with Gasteiger partial charge in [0.2, 0.25) is 5.91 Å². The smallest absolute Gasteiger partial charge is 0.464 e. The Kier molecular flexibility index (Phi) is 4.56. The zero-order chi connectivity index (χ0) is 13.9. The molecule has 1 unspecified atom stereocenters. The van der Waals surface area contributed by atoms with E-state index in [-0.39, 0.29) is 16.5 Å². The van der Waals surface area contributed by atoms with E-state index in [1.54, 1.807) is 0 Å². The first kappa shape index (κ1) is 14.3. The number of hydrogen-bond donors (Lipinski definition) is 3. The summed E-state index contributed by atoms with van der Waals surface area (Å²) in [5.74, 6) is 3.34. The minimum Gasteiger partial charge on any atom is -0.478 e. The molecule has 0 aromatic carbocycles. The second kappa shape index (κ2) is 5.74. The van der Waals surface area contributed by atoms with Crippen LogP contribution < -0.4 is 11.3 Å². The van der Waals surface area contributed by atoms with E-state index in [0.717, 1.165) is 0 Å². The van der Waals surface area contributed by atoms with E-state index in [4.69, 9.17) is 15.0 Å². The zero-order valence-electron chi connectivity index (χ0n) is 9.45. The number of carbonyl (C=O) groups is 3. The molecule has 18 heavy (non-hydrogen) atoms. The van der Waals surface area contributed by atoms with Gasteiger partial charge in [0.25, 0.3) is 0 Å². The van der Waals surface area contributed by atoms with Crippen LogP contribution in [0.15, 0.2) is 11.8 Å². The van der Waals surface area contributed by atoms with Crippen molar-refractivity contribution < 1.29 is 24.6 Å². The van der Waals surface area contributed by atoms with E-state index in [1.807, 2.05) is 6.92 Å². The van der Waals surface area contributed by atoms with Gasteiger partial charge in [-0.3, -0.25) is 10.2 Å². The summed E-state index contributed by atoms with van der Waals surface area (Å²) < 4.78 is 0. The number of carboxylic acids is 1. The maximum absolute atomic E-state index is 11.0. The van der Waals surface area contributed by atoms with Gasteiger partial charge in [-0.2, -0.15) is 0 Å². The van der Waals surface area contributed by atoms with E-state index in [2.05, 4.69) is 5.84 Å². The van der Waals surface area contributed by atoms with E-state index in [9.17, 15) is 9.59 Å². The highest BCUT2D eigenvalue weighted by Gasteiger charge is 2.41. The van der Waals surface area contributed by atoms with Crippen molar-refractivity contribution >= 4 is 29.7 Å². The molecule has 99 valence electrons. The highest BCUT2D eigenvalue weighted by Crippen LogP contribution is 2.39. The Balaban J connectivity index is 0.000000280. The van der Waals surface area contributed by atoms with Gasteiger partial charge in [0.15, 0.2) is 0 Å². The summed E-state index contributed by atoms with van der Waals surface area (Å²) in [5.41, 5.74) is 1.65. The Hall–Kier alpha value is -1.74. The van der Waals surface area contributed by atoms with Crippen LogP contribution in [0.3, 0.4) is 0 Å². The summed E-state index contributed by atoms with van der Waals surface area (Å²) in [6.07, 6.45) is 0.545. The van der Waals surface area contributed by atoms with Gasteiger partial charge in [-0.25, -0.2) is 20.5 Å². The highest BCUT2D eigenvalue weighted by atomic mass is 32.2. The molecule has 9 heteroatoms. The lowest BCUT2D eigenvalue weighted by Gasteiger charge is -2.42. The lowest BCUT2D eigenvalue weighted by Crippen LogP contribution is -2.50. The van der Waals surface area contributed by atoms with Crippen molar-refractivity contribution in [3.8, 4) is 0 Å². The third-order valence-electron chi connectivity index (χ3n) is 2.39. The molecule has 2 rings (SSSR count). The normalized spacial score (nSPS) is 24.9. The first-order chi connectivity index (χ1) is 8.36. The first-order valence-corrected chi connectivity index (χ1v) is 5.90. The molecule has 0 aromatic rings. The molecule has 1 radical (unpaired) electrons. The molecule has 0 aliphatic carbocycles. The van der Waals surface area contributed by atoms with Crippen LogP contribution in [0.5, 0.6) is 0 Å². The topological polar surface area (TPSA) is 133 Å². The minimum atomic E-state index is -1.47. The minimum absolute atomic E-state index is 0.0168. The van der Waals surface area contributed by atoms with Gasteiger partial charge in [0.1, 0.15) is 0 Å². The quantitative estimate of drug-likeness (QED) is 0.259. The molecular formula is C9H12N3O5S. The number of hydrogen-bond acceptors (Lipinski definition) is 5. The largest absolute Gasteiger partial charge is 0.478 e. The molecule has 8 nitrogen and oxygen atoms in total. The predicted octanol–water partition coefficient (Wildman–Crippen LogP) is -0.351. The molecule has 2 aliphatic heterocycles. The Bertz CT molecular complexity index is 411. The van der Waals surface area contributed by atoms with E-state index < -0.39 is 12.1 Å². The molecule has 2 amide bonds. The van der Waals surface area contributed by atoms with E-state index in [1.165, 1.54) is 28.3 Å². The number of aliphatic carboxylic acids is 1. The maximum Gasteiger partial charge on any atom is 0.464 e. The van der Waals surface area contributed by atoms with Crippen molar-refractivity contribution in [2.45, 2.75) is 24.0 Å². The number of nitrogens with zero attached hydrogens (tertiary/aromatic N) is 1. The van der Waals surface area contributed by atoms with E-state index >= 15 is 0 Å². The standard InChI is InChI=1S/C8H9NO3S.CH3N2O2/c1-4-5(8(11)12)3-9-6(10)2-7(9)13-4;2-3-1(4)5/h3-4,7H,2H2,1H3,(H,11,12);3H,2H2/t4?,7-;/m1./s1. The van der Waals surface area contributed by atoms with Crippen LogP contribution >= 0.6 is 11.8 Å². The fourth-order valence-electron chi connectivity index (χ4n) is 1.46. The Labute approximate surface area is 107 Å². The molecule has 0 spiro atoms. The molecule has 2 heterocycles. The van der Waals surface area contributed by atoms with E-state index in [0.29, 0.717) is 12.0 Å². The Morgan fingerprint density at radius 1 is 1.61 bits per heavy atom. The number of nitrogens with one attached hydrogen (secondary N) is 1. The van der Waals surface area contributed by atoms with Crippen LogP contribution in [0.2, 0.25) is 0 Å². The van der Waals surface area contributed by atoms with Crippen LogP contribution in [-0.4, -0.2) is 38.6 Å². The molecular weight excluding hydrogens is 262 g/mol. The second-order valence-electron chi connectivity index (χ2n) is 3.56. The van der Waals surface area contributed by atoms with Crippen molar-refractivity contribution in [1.29, 1.82) is 0 Å². The lowest BCUT2D eigenvalue weighted by molar-refractivity contribution is -0.138.